The average molecular weight is 264 g/mol. The molecule has 0 unspecified atom stereocenters. The van der Waals surface area contributed by atoms with Crippen LogP contribution in [0.4, 0.5) is 0 Å². The zero-order chi connectivity index (χ0) is 14.1. The van der Waals surface area contributed by atoms with E-state index in [-0.39, 0.29) is 11.1 Å². The Kier molecular flexibility index (Phi) is 2.84. The van der Waals surface area contributed by atoms with E-state index in [1.165, 1.54) is 10.6 Å². The van der Waals surface area contributed by atoms with Gasteiger partial charge in [-0.1, -0.05) is 18.2 Å². The van der Waals surface area contributed by atoms with Crippen molar-refractivity contribution in [2.24, 2.45) is 7.05 Å². The van der Waals surface area contributed by atoms with Gasteiger partial charge in [0.05, 0.1) is 17.8 Å². The summed E-state index contributed by atoms with van der Waals surface area (Å²) in [7, 11) is 1.88. The molecule has 0 N–H and O–H groups in total. The van der Waals surface area contributed by atoms with E-state index in [1.54, 1.807) is 16.9 Å². The lowest BCUT2D eigenvalue weighted by molar-refractivity contribution is 0.700. The molecule has 2 aromatic heterocycles. The number of para-hydroxylation sites is 1. The third-order valence-corrected chi connectivity index (χ3v) is 3.30. The molecule has 2 heterocycles. The predicted molar refractivity (Wildman–Crippen MR) is 75.2 cm³/mol. The van der Waals surface area contributed by atoms with Gasteiger partial charge in [-0.15, -0.1) is 0 Å². The first kappa shape index (κ1) is 12.2. The van der Waals surface area contributed by atoms with Crippen molar-refractivity contribution in [2.75, 3.05) is 0 Å². The highest BCUT2D eigenvalue weighted by Gasteiger charge is 2.10. The first-order valence-electron chi connectivity index (χ1n) is 6.21. The van der Waals surface area contributed by atoms with Crippen LogP contribution in [-0.2, 0) is 13.6 Å². The summed E-state index contributed by atoms with van der Waals surface area (Å²) in [6, 6.07) is 13.0. The molecular formula is C15H12N4O. The summed E-state index contributed by atoms with van der Waals surface area (Å²) in [5.41, 5.74) is 1.70. The maximum atomic E-state index is 12.1. The molecule has 1 aromatic carbocycles. The number of hydrogen-bond donors (Lipinski definition) is 0. The van der Waals surface area contributed by atoms with E-state index in [1.807, 2.05) is 37.4 Å². The minimum absolute atomic E-state index is 0.146. The summed E-state index contributed by atoms with van der Waals surface area (Å²) in [5, 5.41) is 14.4. The van der Waals surface area contributed by atoms with Crippen molar-refractivity contribution in [2.45, 2.75) is 6.54 Å². The van der Waals surface area contributed by atoms with Crippen LogP contribution in [0.2, 0.25) is 0 Å². The maximum absolute atomic E-state index is 12.1. The van der Waals surface area contributed by atoms with Gasteiger partial charge in [0.2, 0.25) is 0 Å². The third-order valence-electron chi connectivity index (χ3n) is 3.30. The van der Waals surface area contributed by atoms with Crippen molar-refractivity contribution in [3.05, 3.63) is 64.2 Å². The molecule has 20 heavy (non-hydrogen) atoms. The van der Waals surface area contributed by atoms with Gasteiger partial charge in [-0.25, -0.2) is 0 Å². The summed E-state index contributed by atoms with van der Waals surface area (Å²) in [4.78, 5) is 12.1. The molecule has 0 spiro atoms. The van der Waals surface area contributed by atoms with Gasteiger partial charge < -0.3 is 4.57 Å². The zero-order valence-corrected chi connectivity index (χ0v) is 10.9. The third kappa shape index (κ3) is 1.88. The number of aryl methyl sites for hydroxylation is 1. The number of fused-ring (bicyclic) bond motifs is 1. The Balaban J connectivity index is 2.11. The second-order valence-corrected chi connectivity index (χ2v) is 4.55. The fourth-order valence-corrected chi connectivity index (χ4v) is 2.31. The Bertz CT molecular complexity index is 883. The monoisotopic (exact) mass is 264 g/mol. The first-order valence-corrected chi connectivity index (χ1v) is 6.21. The van der Waals surface area contributed by atoms with Crippen LogP contribution in [0.1, 0.15) is 11.3 Å². The molecule has 0 saturated carbocycles. The van der Waals surface area contributed by atoms with Gasteiger partial charge in [0.15, 0.2) is 0 Å². The zero-order valence-electron chi connectivity index (χ0n) is 10.9. The van der Waals surface area contributed by atoms with Gasteiger partial charge in [0, 0.05) is 18.6 Å². The Morgan fingerprint density at radius 1 is 1.25 bits per heavy atom. The van der Waals surface area contributed by atoms with Gasteiger partial charge in [-0.2, -0.15) is 10.4 Å². The maximum Gasteiger partial charge on any atom is 0.268 e. The molecule has 3 aromatic rings. The van der Waals surface area contributed by atoms with E-state index in [0.717, 1.165) is 16.6 Å². The second-order valence-electron chi connectivity index (χ2n) is 4.55. The smallest absolute Gasteiger partial charge is 0.268 e. The summed E-state index contributed by atoms with van der Waals surface area (Å²) in [5.74, 6) is 0. The van der Waals surface area contributed by atoms with Crippen LogP contribution < -0.4 is 5.56 Å². The standard InChI is InChI=1S/C15H12N4O/c1-18-14-7-3-2-6-12(14)13(17-18)10-19-8-4-5-11(9-16)15(19)20/h2-8H,10H2,1H3. The van der Waals surface area contributed by atoms with Crippen molar-refractivity contribution in [3.63, 3.8) is 0 Å². The van der Waals surface area contributed by atoms with Crippen LogP contribution in [-0.4, -0.2) is 14.3 Å². The van der Waals surface area contributed by atoms with E-state index in [9.17, 15) is 4.79 Å². The summed E-state index contributed by atoms with van der Waals surface area (Å²) >= 11 is 0. The number of nitriles is 1. The number of benzene rings is 1. The summed E-state index contributed by atoms with van der Waals surface area (Å²) < 4.78 is 3.30. The summed E-state index contributed by atoms with van der Waals surface area (Å²) in [6.07, 6.45) is 1.67. The predicted octanol–water partition coefficient (Wildman–Crippen LogP) is 1.65. The van der Waals surface area contributed by atoms with E-state index in [4.69, 9.17) is 5.26 Å². The lowest BCUT2D eigenvalue weighted by Gasteiger charge is -2.03. The van der Waals surface area contributed by atoms with Crippen molar-refractivity contribution >= 4 is 10.9 Å². The lowest BCUT2D eigenvalue weighted by atomic mass is 10.2. The fourth-order valence-electron chi connectivity index (χ4n) is 2.31. The molecule has 0 aliphatic carbocycles. The van der Waals surface area contributed by atoms with Gasteiger partial charge in [-0.05, 0) is 18.2 Å². The van der Waals surface area contributed by atoms with E-state index >= 15 is 0 Å². The van der Waals surface area contributed by atoms with Crippen molar-refractivity contribution in [1.82, 2.24) is 14.3 Å². The molecule has 0 atom stereocenters. The molecule has 0 aliphatic heterocycles. The normalized spacial score (nSPS) is 10.6. The van der Waals surface area contributed by atoms with Crippen LogP contribution in [0.5, 0.6) is 0 Å². The van der Waals surface area contributed by atoms with E-state index < -0.39 is 0 Å². The number of pyridine rings is 1. The molecule has 98 valence electrons. The SMILES string of the molecule is Cn1nc(Cn2cccc(C#N)c2=O)c2ccccc21. The van der Waals surface area contributed by atoms with Gasteiger partial charge in [-0.3, -0.25) is 9.48 Å². The molecule has 0 aliphatic rings. The molecular weight excluding hydrogens is 252 g/mol. The largest absolute Gasteiger partial charge is 0.308 e. The average Bonchev–Trinajstić information content (AvgIpc) is 2.78. The Labute approximate surface area is 115 Å². The minimum Gasteiger partial charge on any atom is -0.308 e. The van der Waals surface area contributed by atoms with Crippen LogP contribution in [0.15, 0.2) is 47.4 Å². The number of hydrogen-bond acceptors (Lipinski definition) is 3. The quantitative estimate of drug-likeness (QED) is 0.707. The molecule has 0 bridgehead atoms. The first-order chi connectivity index (χ1) is 9.70. The number of nitrogens with zero attached hydrogens (tertiary/aromatic N) is 4. The van der Waals surface area contributed by atoms with Gasteiger partial charge in [0.1, 0.15) is 11.6 Å². The highest BCUT2D eigenvalue weighted by molar-refractivity contribution is 5.81. The highest BCUT2D eigenvalue weighted by Crippen LogP contribution is 2.17. The lowest BCUT2D eigenvalue weighted by Crippen LogP contribution is -2.22. The van der Waals surface area contributed by atoms with E-state index in [0.29, 0.717) is 6.54 Å². The fraction of sp³-hybridized carbons (Fsp3) is 0.133. The Morgan fingerprint density at radius 3 is 2.85 bits per heavy atom. The molecule has 0 fully saturated rings. The number of aromatic nitrogens is 3. The van der Waals surface area contributed by atoms with Crippen molar-refractivity contribution < 1.29 is 0 Å². The van der Waals surface area contributed by atoms with Crippen molar-refractivity contribution in [1.29, 1.82) is 5.26 Å². The molecule has 5 nitrogen and oxygen atoms in total. The number of rotatable bonds is 2. The van der Waals surface area contributed by atoms with Crippen LogP contribution >= 0.6 is 0 Å². The molecule has 0 radical (unpaired) electrons. The molecule has 3 rings (SSSR count). The van der Waals surface area contributed by atoms with Crippen LogP contribution in [0, 0.1) is 11.3 Å². The minimum atomic E-state index is -0.287. The molecule has 0 amide bonds. The van der Waals surface area contributed by atoms with Crippen LogP contribution in [0.25, 0.3) is 10.9 Å². The highest BCUT2D eigenvalue weighted by atomic mass is 16.1. The molecule has 5 heteroatoms. The second kappa shape index (κ2) is 4.67. The Morgan fingerprint density at radius 2 is 2.05 bits per heavy atom. The topological polar surface area (TPSA) is 63.6 Å². The van der Waals surface area contributed by atoms with Gasteiger partial charge >= 0.3 is 0 Å². The Hall–Kier alpha value is -2.87. The van der Waals surface area contributed by atoms with Crippen LogP contribution in [0.3, 0.4) is 0 Å². The summed E-state index contributed by atoms with van der Waals surface area (Å²) in [6.45, 7) is 0.357. The van der Waals surface area contributed by atoms with E-state index in [2.05, 4.69) is 5.10 Å². The molecule has 0 saturated heterocycles. The van der Waals surface area contributed by atoms with Gasteiger partial charge in [0.25, 0.3) is 5.56 Å². The van der Waals surface area contributed by atoms with Crippen molar-refractivity contribution in [3.8, 4) is 6.07 Å².